The fourth-order valence-corrected chi connectivity index (χ4v) is 2.61. The zero-order valence-corrected chi connectivity index (χ0v) is 9.98. The molecule has 0 radical (unpaired) electrons. The number of carboxylic acid groups (broad SMARTS) is 1. The molecule has 1 aromatic rings. The Bertz CT molecular complexity index is 292. The molecule has 0 amide bonds. The molecule has 0 aliphatic rings. The lowest BCUT2D eigenvalue weighted by Crippen LogP contribution is -2.36. The van der Waals surface area contributed by atoms with E-state index in [2.05, 4.69) is 15.5 Å². The van der Waals surface area contributed by atoms with Gasteiger partial charge in [0.2, 0.25) is 0 Å². The normalized spacial score (nSPS) is 12.6. The van der Waals surface area contributed by atoms with Crippen LogP contribution in [0.15, 0.2) is 9.85 Å². The number of carboxylic acids is 1. The van der Waals surface area contributed by atoms with Crippen LogP contribution in [-0.2, 0) is 4.79 Å². The first-order chi connectivity index (χ1) is 7.24. The van der Waals surface area contributed by atoms with Crippen molar-refractivity contribution >= 4 is 29.1 Å². The molecule has 5 nitrogen and oxygen atoms in total. The first kappa shape index (κ1) is 12.4. The summed E-state index contributed by atoms with van der Waals surface area (Å²) in [6, 6.07) is -0.463. The van der Waals surface area contributed by atoms with Crippen LogP contribution >= 0.6 is 23.1 Å². The summed E-state index contributed by atoms with van der Waals surface area (Å²) in [5.74, 6) is -0.0613. The van der Waals surface area contributed by atoms with Gasteiger partial charge in [-0.25, -0.2) is 0 Å². The van der Waals surface area contributed by atoms with Crippen LogP contribution < -0.4 is 5.32 Å². The van der Waals surface area contributed by atoms with E-state index in [9.17, 15) is 4.79 Å². The largest absolute Gasteiger partial charge is 0.480 e. The molecule has 0 spiro atoms. The van der Waals surface area contributed by atoms with Crippen molar-refractivity contribution in [3.8, 4) is 0 Å². The Morgan fingerprint density at radius 3 is 3.13 bits per heavy atom. The number of aliphatic carboxylic acids is 1. The lowest BCUT2D eigenvalue weighted by atomic mass is 10.2. The maximum Gasteiger partial charge on any atom is 0.320 e. The zero-order chi connectivity index (χ0) is 11.1. The number of nitrogens with zero attached hydrogens (tertiary/aromatic N) is 2. The molecular formula is C8H13N3O2S2. The summed E-state index contributed by atoms with van der Waals surface area (Å²) in [5, 5.41) is 19.4. The van der Waals surface area contributed by atoms with Gasteiger partial charge in [0.05, 0.1) is 0 Å². The molecule has 1 heterocycles. The van der Waals surface area contributed by atoms with Crippen LogP contribution in [0.1, 0.15) is 13.3 Å². The van der Waals surface area contributed by atoms with Crippen molar-refractivity contribution in [2.45, 2.75) is 23.7 Å². The van der Waals surface area contributed by atoms with Gasteiger partial charge in [0, 0.05) is 5.75 Å². The van der Waals surface area contributed by atoms with Crippen molar-refractivity contribution in [2.24, 2.45) is 0 Å². The molecule has 0 aliphatic heterocycles. The Morgan fingerprint density at radius 1 is 1.80 bits per heavy atom. The van der Waals surface area contributed by atoms with Crippen molar-refractivity contribution in [1.82, 2.24) is 15.5 Å². The molecule has 1 atom stereocenters. The summed E-state index contributed by atoms with van der Waals surface area (Å²) in [5.41, 5.74) is 1.67. The molecule has 1 aromatic heterocycles. The molecule has 0 aromatic carbocycles. The van der Waals surface area contributed by atoms with E-state index in [4.69, 9.17) is 5.11 Å². The van der Waals surface area contributed by atoms with Crippen molar-refractivity contribution in [2.75, 3.05) is 12.3 Å². The molecule has 0 saturated carbocycles. The van der Waals surface area contributed by atoms with E-state index in [0.717, 1.165) is 10.1 Å². The van der Waals surface area contributed by atoms with E-state index >= 15 is 0 Å². The number of likely N-dealkylation sites (N-methyl/N-ethyl adjacent to an activating group) is 1. The minimum absolute atomic E-state index is 0.463. The topological polar surface area (TPSA) is 75.1 Å². The minimum Gasteiger partial charge on any atom is -0.480 e. The second-order valence-electron chi connectivity index (χ2n) is 2.79. The second kappa shape index (κ2) is 6.76. The lowest BCUT2D eigenvalue weighted by Gasteiger charge is -2.11. The predicted octanol–water partition coefficient (Wildman–Crippen LogP) is 1.08. The third-order valence-corrected chi connectivity index (χ3v) is 3.61. The first-order valence-corrected chi connectivity index (χ1v) is 6.45. The van der Waals surface area contributed by atoms with Gasteiger partial charge in [-0.3, -0.25) is 4.79 Å². The zero-order valence-electron chi connectivity index (χ0n) is 8.34. The monoisotopic (exact) mass is 247 g/mol. The van der Waals surface area contributed by atoms with E-state index in [1.807, 2.05) is 6.92 Å². The van der Waals surface area contributed by atoms with E-state index in [0.29, 0.717) is 13.0 Å². The van der Waals surface area contributed by atoms with Crippen LogP contribution in [-0.4, -0.2) is 39.6 Å². The van der Waals surface area contributed by atoms with Gasteiger partial charge in [0.15, 0.2) is 4.34 Å². The SMILES string of the molecule is CCNC(CCSc1nncs1)C(=O)O. The van der Waals surface area contributed by atoms with Gasteiger partial charge in [-0.15, -0.1) is 10.2 Å². The number of thioether (sulfide) groups is 1. The van der Waals surface area contributed by atoms with E-state index < -0.39 is 12.0 Å². The Hall–Kier alpha value is -0.660. The molecule has 2 N–H and O–H groups in total. The van der Waals surface area contributed by atoms with Gasteiger partial charge in [0.1, 0.15) is 11.6 Å². The van der Waals surface area contributed by atoms with Crippen molar-refractivity contribution in [1.29, 1.82) is 0 Å². The Kier molecular flexibility index (Phi) is 5.59. The highest BCUT2D eigenvalue weighted by Gasteiger charge is 2.15. The van der Waals surface area contributed by atoms with Crippen molar-refractivity contribution in [3.05, 3.63) is 5.51 Å². The molecule has 15 heavy (non-hydrogen) atoms. The van der Waals surface area contributed by atoms with Crippen LogP contribution in [0.5, 0.6) is 0 Å². The van der Waals surface area contributed by atoms with Gasteiger partial charge in [-0.05, 0) is 13.0 Å². The van der Waals surface area contributed by atoms with E-state index in [1.54, 1.807) is 17.3 Å². The van der Waals surface area contributed by atoms with E-state index in [-0.39, 0.29) is 0 Å². The summed E-state index contributed by atoms with van der Waals surface area (Å²) in [4.78, 5) is 10.8. The number of nitrogens with one attached hydrogen (secondary N) is 1. The van der Waals surface area contributed by atoms with Gasteiger partial charge < -0.3 is 10.4 Å². The molecule has 1 unspecified atom stereocenters. The third-order valence-electron chi connectivity index (χ3n) is 1.72. The minimum atomic E-state index is -0.797. The Labute approximate surface area is 96.3 Å². The maximum atomic E-state index is 10.8. The Balaban J connectivity index is 2.25. The van der Waals surface area contributed by atoms with Crippen LogP contribution in [0.4, 0.5) is 0 Å². The van der Waals surface area contributed by atoms with Gasteiger partial charge in [-0.1, -0.05) is 30.0 Å². The average Bonchev–Trinajstić information content (AvgIpc) is 2.69. The van der Waals surface area contributed by atoms with Crippen LogP contribution in [0.3, 0.4) is 0 Å². The summed E-state index contributed by atoms with van der Waals surface area (Å²) in [6.45, 7) is 2.56. The fourth-order valence-electron chi connectivity index (χ4n) is 1.05. The molecule has 1 rings (SSSR count). The molecule has 0 bridgehead atoms. The highest BCUT2D eigenvalue weighted by atomic mass is 32.2. The number of aromatic nitrogens is 2. The first-order valence-electron chi connectivity index (χ1n) is 4.59. The van der Waals surface area contributed by atoms with Crippen molar-refractivity contribution < 1.29 is 9.90 Å². The molecule has 84 valence electrons. The van der Waals surface area contributed by atoms with Crippen LogP contribution in [0, 0.1) is 0 Å². The number of hydrogen-bond donors (Lipinski definition) is 2. The number of hydrogen-bond acceptors (Lipinski definition) is 6. The number of carbonyl (C=O) groups is 1. The summed E-state index contributed by atoms with van der Waals surface area (Å²) < 4.78 is 0.885. The summed E-state index contributed by atoms with van der Waals surface area (Å²) >= 11 is 3.01. The van der Waals surface area contributed by atoms with Gasteiger partial charge in [-0.2, -0.15) is 0 Å². The third kappa shape index (κ3) is 4.59. The molecular weight excluding hydrogens is 234 g/mol. The maximum absolute atomic E-state index is 10.8. The standard InChI is InChI=1S/C8H13N3O2S2/c1-2-9-6(7(12)13)3-4-14-8-11-10-5-15-8/h5-6,9H,2-4H2,1H3,(H,12,13). The molecule has 0 aliphatic carbocycles. The highest BCUT2D eigenvalue weighted by Crippen LogP contribution is 2.20. The summed E-state index contributed by atoms with van der Waals surface area (Å²) in [6.07, 6.45) is 0.591. The van der Waals surface area contributed by atoms with Gasteiger partial charge in [0.25, 0.3) is 0 Å². The van der Waals surface area contributed by atoms with Gasteiger partial charge >= 0.3 is 5.97 Å². The number of rotatable bonds is 7. The van der Waals surface area contributed by atoms with Crippen molar-refractivity contribution in [3.63, 3.8) is 0 Å². The second-order valence-corrected chi connectivity index (χ2v) is 4.97. The molecule has 0 fully saturated rings. The smallest absolute Gasteiger partial charge is 0.320 e. The van der Waals surface area contributed by atoms with Crippen LogP contribution in [0.25, 0.3) is 0 Å². The summed E-state index contributed by atoms with van der Waals surface area (Å²) in [7, 11) is 0. The Morgan fingerprint density at radius 2 is 2.60 bits per heavy atom. The fraction of sp³-hybridized carbons (Fsp3) is 0.625. The van der Waals surface area contributed by atoms with E-state index in [1.165, 1.54) is 11.3 Å². The highest BCUT2D eigenvalue weighted by molar-refractivity contribution is 8.00. The van der Waals surface area contributed by atoms with Crippen LogP contribution in [0.2, 0.25) is 0 Å². The molecule has 0 saturated heterocycles. The molecule has 7 heteroatoms. The quantitative estimate of drug-likeness (QED) is 0.702. The predicted molar refractivity (Wildman–Crippen MR) is 60.4 cm³/mol. The average molecular weight is 247 g/mol. The lowest BCUT2D eigenvalue weighted by molar-refractivity contribution is -0.139.